The van der Waals surface area contributed by atoms with Crippen LogP contribution >= 0.6 is 0 Å². The molecule has 41 heavy (non-hydrogen) atoms. The van der Waals surface area contributed by atoms with Crippen LogP contribution in [0.15, 0.2) is 42.7 Å². The number of carboxylic acids is 1. The van der Waals surface area contributed by atoms with Gasteiger partial charge < -0.3 is 19.6 Å². The summed E-state index contributed by atoms with van der Waals surface area (Å²) in [6.07, 6.45) is 9.38. The molecule has 2 saturated heterocycles. The first-order chi connectivity index (χ1) is 19.9. The molecular weight excluding hydrogens is 520 g/mol. The van der Waals surface area contributed by atoms with Crippen LogP contribution in [0, 0.1) is 5.92 Å². The maximum absolute atomic E-state index is 13.9. The molecule has 4 heterocycles. The van der Waals surface area contributed by atoms with Crippen LogP contribution in [0.4, 0.5) is 5.69 Å². The number of aliphatic carboxylic acids is 1. The van der Waals surface area contributed by atoms with E-state index in [1.54, 1.807) is 0 Å². The number of carbonyl (C=O) groups is 3. The van der Waals surface area contributed by atoms with E-state index >= 15 is 0 Å². The van der Waals surface area contributed by atoms with Gasteiger partial charge in [-0.1, -0.05) is 25.5 Å². The summed E-state index contributed by atoms with van der Waals surface area (Å²) in [6, 6.07) is 9.65. The SMILES string of the molecule is CCCCN(C(=O)CN1C[C@H](c2ccc3c(c2)CCO3)[C@@H](C(=O)O)[C@@H]1CCCN1CCCC1=O)c1ccc[n+](C)c1. The molecule has 2 amide bonds. The van der Waals surface area contributed by atoms with Crippen LogP contribution in [-0.2, 0) is 27.9 Å². The van der Waals surface area contributed by atoms with Crippen molar-refractivity contribution < 1.29 is 28.8 Å². The minimum atomic E-state index is -0.832. The third-order valence-corrected chi connectivity index (χ3v) is 8.88. The van der Waals surface area contributed by atoms with Crippen LogP contribution in [0.1, 0.15) is 62.5 Å². The van der Waals surface area contributed by atoms with Crippen LogP contribution in [0.5, 0.6) is 5.75 Å². The number of benzene rings is 1. The number of likely N-dealkylation sites (tertiary alicyclic amines) is 2. The summed E-state index contributed by atoms with van der Waals surface area (Å²) in [4.78, 5) is 44.8. The zero-order valence-electron chi connectivity index (χ0n) is 24.3. The first kappa shape index (κ1) is 29.0. The Kier molecular flexibility index (Phi) is 9.22. The molecule has 2 aromatic rings. The number of hydrogen-bond donors (Lipinski definition) is 1. The quantitative estimate of drug-likeness (QED) is 0.399. The van der Waals surface area contributed by atoms with E-state index in [9.17, 15) is 19.5 Å². The van der Waals surface area contributed by atoms with Crippen LogP contribution in [-0.4, -0.2) is 78.1 Å². The number of fused-ring (bicyclic) bond motifs is 1. The third kappa shape index (κ3) is 6.56. The highest BCUT2D eigenvalue weighted by Gasteiger charge is 2.47. The number of nitrogens with zero attached hydrogens (tertiary/aromatic N) is 4. The zero-order valence-corrected chi connectivity index (χ0v) is 24.3. The van der Waals surface area contributed by atoms with Crippen molar-refractivity contribution in [2.45, 2.75) is 63.8 Å². The summed E-state index contributed by atoms with van der Waals surface area (Å²) in [5.74, 6) is -0.670. The van der Waals surface area contributed by atoms with E-state index in [4.69, 9.17) is 4.74 Å². The van der Waals surface area contributed by atoms with Gasteiger partial charge in [0, 0.05) is 57.0 Å². The number of rotatable bonds is 12. The molecule has 1 N–H and O–H groups in total. The smallest absolute Gasteiger partial charge is 0.308 e. The molecule has 220 valence electrons. The highest BCUT2D eigenvalue weighted by atomic mass is 16.5. The fraction of sp³-hybridized carbons (Fsp3) is 0.562. The lowest BCUT2D eigenvalue weighted by molar-refractivity contribution is -0.670. The molecule has 0 spiro atoms. The van der Waals surface area contributed by atoms with E-state index in [0.717, 1.165) is 54.8 Å². The Labute approximate surface area is 242 Å². The monoisotopic (exact) mass is 563 g/mol. The number of pyridine rings is 1. The Hall–Kier alpha value is -3.46. The van der Waals surface area contributed by atoms with E-state index in [2.05, 4.69) is 17.9 Å². The first-order valence-corrected chi connectivity index (χ1v) is 15.1. The van der Waals surface area contributed by atoms with Crippen LogP contribution in [0.2, 0.25) is 0 Å². The van der Waals surface area contributed by atoms with Crippen LogP contribution < -0.4 is 14.2 Å². The lowest BCUT2D eigenvalue weighted by Gasteiger charge is -2.30. The number of aromatic nitrogens is 1. The van der Waals surface area contributed by atoms with E-state index < -0.39 is 11.9 Å². The molecule has 0 aliphatic carbocycles. The minimum absolute atomic E-state index is 0.0171. The Balaban J connectivity index is 1.40. The van der Waals surface area contributed by atoms with Gasteiger partial charge in [-0.2, -0.15) is 0 Å². The molecule has 0 unspecified atom stereocenters. The van der Waals surface area contributed by atoms with Crippen molar-refractivity contribution in [2.75, 3.05) is 44.2 Å². The Morgan fingerprint density at radius 2 is 2.05 bits per heavy atom. The number of aryl methyl sites for hydroxylation is 1. The number of ether oxygens (including phenoxy) is 1. The van der Waals surface area contributed by atoms with Gasteiger partial charge in [0.25, 0.3) is 0 Å². The summed E-state index contributed by atoms with van der Waals surface area (Å²) in [7, 11) is 1.94. The zero-order chi connectivity index (χ0) is 28.9. The normalized spacial score (nSPS) is 22.1. The Bertz CT molecular complexity index is 1270. The second kappa shape index (κ2) is 13.0. The summed E-state index contributed by atoms with van der Waals surface area (Å²) in [5.41, 5.74) is 2.96. The van der Waals surface area contributed by atoms with Gasteiger partial charge in [-0.3, -0.25) is 19.3 Å². The van der Waals surface area contributed by atoms with Gasteiger partial charge in [0.2, 0.25) is 11.8 Å². The molecule has 9 heteroatoms. The Morgan fingerprint density at radius 1 is 1.20 bits per heavy atom. The molecular formula is C32H43N4O5+. The van der Waals surface area contributed by atoms with Crippen LogP contribution in [0.25, 0.3) is 0 Å². The summed E-state index contributed by atoms with van der Waals surface area (Å²) >= 11 is 0. The number of carbonyl (C=O) groups excluding carboxylic acids is 2. The number of amides is 2. The van der Waals surface area contributed by atoms with Crippen molar-refractivity contribution in [1.29, 1.82) is 0 Å². The van der Waals surface area contributed by atoms with Crippen molar-refractivity contribution >= 4 is 23.5 Å². The summed E-state index contributed by atoms with van der Waals surface area (Å²) in [5, 5.41) is 10.5. The van der Waals surface area contributed by atoms with Gasteiger partial charge in [0.05, 0.1) is 19.1 Å². The van der Waals surface area contributed by atoms with Gasteiger partial charge in [-0.05, 0) is 48.9 Å². The van der Waals surface area contributed by atoms with E-state index in [1.165, 1.54) is 0 Å². The maximum Gasteiger partial charge on any atom is 0.308 e. The predicted molar refractivity (Wildman–Crippen MR) is 155 cm³/mol. The third-order valence-electron chi connectivity index (χ3n) is 8.88. The predicted octanol–water partition coefficient (Wildman–Crippen LogP) is 3.15. The minimum Gasteiger partial charge on any atom is -0.493 e. The average molecular weight is 564 g/mol. The summed E-state index contributed by atoms with van der Waals surface area (Å²) < 4.78 is 7.63. The van der Waals surface area contributed by atoms with Gasteiger partial charge in [0.15, 0.2) is 12.4 Å². The first-order valence-electron chi connectivity index (χ1n) is 15.1. The molecule has 0 bridgehead atoms. The molecule has 9 nitrogen and oxygen atoms in total. The largest absolute Gasteiger partial charge is 0.493 e. The fourth-order valence-electron chi connectivity index (χ4n) is 6.76. The summed E-state index contributed by atoms with van der Waals surface area (Å²) in [6.45, 7) is 5.44. The lowest BCUT2D eigenvalue weighted by Crippen LogP contribution is -2.45. The topological polar surface area (TPSA) is 94.3 Å². The molecule has 2 fully saturated rings. The molecule has 1 aromatic heterocycles. The molecule has 3 aliphatic heterocycles. The number of hydrogen-bond acceptors (Lipinski definition) is 5. The highest BCUT2D eigenvalue weighted by molar-refractivity contribution is 5.94. The number of anilines is 1. The number of carboxylic acid groups (broad SMARTS) is 1. The van der Waals surface area contributed by atoms with Gasteiger partial charge >= 0.3 is 5.97 Å². The second-order valence-electron chi connectivity index (χ2n) is 11.7. The van der Waals surface area contributed by atoms with Crippen molar-refractivity contribution in [2.24, 2.45) is 13.0 Å². The number of unbranched alkanes of at least 4 members (excludes halogenated alkanes) is 1. The average Bonchev–Trinajstić information content (AvgIpc) is 3.67. The van der Waals surface area contributed by atoms with Gasteiger partial charge in [0.1, 0.15) is 18.5 Å². The molecule has 3 atom stereocenters. The van der Waals surface area contributed by atoms with Gasteiger partial charge in [-0.15, -0.1) is 0 Å². The van der Waals surface area contributed by atoms with Crippen molar-refractivity contribution in [3.05, 3.63) is 53.9 Å². The molecule has 0 radical (unpaired) electrons. The van der Waals surface area contributed by atoms with Crippen molar-refractivity contribution in [1.82, 2.24) is 9.80 Å². The van der Waals surface area contributed by atoms with Crippen molar-refractivity contribution in [3.8, 4) is 5.75 Å². The Morgan fingerprint density at radius 3 is 2.78 bits per heavy atom. The standard InChI is InChI=1S/C32H42N4O5/c1-3-4-17-36(25-8-5-14-33(2)20-25)30(38)22-35-21-26(23-11-12-28-24(19-23)13-18-41-28)31(32(39)40)27(35)9-6-15-34-16-7-10-29(34)37/h5,8,11-12,14,19-20,26-27,31H,3-4,6-7,9-10,13,15-18,21-22H2,1-2H3/p+1/t26-,27+,31-/m1/s1. The highest BCUT2D eigenvalue weighted by Crippen LogP contribution is 2.41. The fourth-order valence-corrected chi connectivity index (χ4v) is 6.76. The molecule has 3 aliphatic rings. The second-order valence-corrected chi connectivity index (χ2v) is 11.7. The van der Waals surface area contributed by atoms with Crippen molar-refractivity contribution in [3.63, 3.8) is 0 Å². The maximum atomic E-state index is 13.9. The van der Waals surface area contributed by atoms with E-state index in [1.807, 2.05) is 58.1 Å². The molecule has 1 aromatic carbocycles. The van der Waals surface area contributed by atoms with E-state index in [0.29, 0.717) is 45.5 Å². The molecule has 5 rings (SSSR count). The van der Waals surface area contributed by atoms with Crippen LogP contribution in [0.3, 0.4) is 0 Å². The van der Waals surface area contributed by atoms with Gasteiger partial charge in [-0.25, -0.2) is 4.57 Å². The van der Waals surface area contributed by atoms with E-state index in [-0.39, 0.29) is 30.3 Å². The lowest BCUT2D eigenvalue weighted by atomic mass is 9.83. The molecule has 0 saturated carbocycles.